The second-order valence-corrected chi connectivity index (χ2v) is 4.66. The Balaban J connectivity index is 2.79. The fourth-order valence-corrected chi connectivity index (χ4v) is 2.40. The first-order valence-corrected chi connectivity index (χ1v) is 5.55. The third-order valence-electron chi connectivity index (χ3n) is 1.77. The minimum atomic E-state index is -0.460. The number of Topliss-reactive ketones (excluding diaryl/α,β-unsaturated/α-hetero) is 2. The van der Waals surface area contributed by atoms with Gasteiger partial charge in [0.1, 0.15) is 0 Å². The number of hydrogen-bond donors (Lipinski definition) is 0. The van der Waals surface area contributed by atoms with Crippen LogP contribution in [0, 0.1) is 5.92 Å². The van der Waals surface area contributed by atoms with Crippen LogP contribution < -0.4 is 0 Å². The maximum atomic E-state index is 11.5. The summed E-state index contributed by atoms with van der Waals surface area (Å²) in [7, 11) is 0. The van der Waals surface area contributed by atoms with E-state index >= 15 is 0 Å². The van der Waals surface area contributed by atoms with Gasteiger partial charge in [-0.05, 0) is 0 Å². The molecule has 1 heterocycles. The standard InChI is InChI=1S/C9H10O2Se/c1-6(7(2)10)9(11)8-4-3-5-12-8/h3-6H,1-2H3. The average Bonchev–Trinajstić information content (AvgIpc) is 2.53. The molecule has 0 radical (unpaired) electrons. The van der Waals surface area contributed by atoms with E-state index in [0.717, 1.165) is 4.44 Å². The van der Waals surface area contributed by atoms with Crippen LogP contribution >= 0.6 is 0 Å². The molecule has 0 aromatic carbocycles. The van der Waals surface area contributed by atoms with Crippen LogP contribution in [0.15, 0.2) is 17.1 Å². The van der Waals surface area contributed by atoms with E-state index in [1.807, 2.05) is 17.1 Å². The molecule has 0 N–H and O–H groups in total. The molecule has 1 unspecified atom stereocenters. The van der Waals surface area contributed by atoms with Crippen molar-refractivity contribution in [2.45, 2.75) is 13.8 Å². The van der Waals surface area contributed by atoms with Crippen LogP contribution in [-0.4, -0.2) is 26.1 Å². The van der Waals surface area contributed by atoms with E-state index in [0.29, 0.717) is 0 Å². The summed E-state index contributed by atoms with van der Waals surface area (Å²) in [4.78, 5) is 24.3. The first kappa shape index (κ1) is 9.43. The van der Waals surface area contributed by atoms with Crippen molar-refractivity contribution in [3.63, 3.8) is 0 Å². The van der Waals surface area contributed by atoms with Crippen molar-refractivity contribution in [1.82, 2.24) is 0 Å². The van der Waals surface area contributed by atoms with Gasteiger partial charge in [-0.3, -0.25) is 0 Å². The average molecular weight is 229 g/mol. The van der Waals surface area contributed by atoms with Gasteiger partial charge < -0.3 is 0 Å². The van der Waals surface area contributed by atoms with Crippen LogP contribution in [0.2, 0.25) is 0 Å². The third-order valence-corrected chi connectivity index (χ3v) is 3.62. The van der Waals surface area contributed by atoms with Crippen LogP contribution in [-0.2, 0) is 4.79 Å². The van der Waals surface area contributed by atoms with Crippen LogP contribution in [0.1, 0.15) is 23.1 Å². The van der Waals surface area contributed by atoms with Crippen LogP contribution in [0.5, 0.6) is 0 Å². The molecule has 0 bridgehead atoms. The molecule has 0 saturated carbocycles. The normalized spacial score (nSPS) is 12.5. The zero-order chi connectivity index (χ0) is 9.14. The Morgan fingerprint density at radius 3 is 2.58 bits per heavy atom. The van der Waals surface area contributed by atoms with Gasteiger partial charge in [0.2, 0.25) is 0 Å². The first-order valence-electron chi connectivity index (χ1n) is 3.71. The molecule has 0 aliphatic rings. The molecule has 12 heavy (non-hydrogen) atoms. The maximum absolute atomic E-state index is 11.5. The predicted octanol–water partition coefficient (Wildman–Crippen LogP) is 1.15. The van der Waals surface area contributed by atoms with E-state index in [2.05, 4.69) is 0 Å². The Labute approximate surface area is 77.3 Å². The van der Waals surface area contributed by atoms with Crippen molar-refractivity contribution in [3.8, 4) is 0 Å². The Morgan fingerprint density at radius 1 is 1.50 bits per heavy atom. The summed E-state index contributed by atoms with van der Waals surface area (Å²) < 4.78 is 0.810. The molecule has 0 aliphatic heterocycles. The molecule has 0 aliphatic carbocycles. The van der Waals surface area contributed by atoms with Gasteiger partial charge in [0, 0.05) is 0 Å². The van der Waals surface area contributed by atoms with E-state index in [-0.39, 0.29) is 26.1 Å². The summed E-state index contributed by atoms with van der Waals surface area (Å²) in [6.07, 6.45) is 0. The Hall–Kier alpha value is -0.661. The first-order chi connectivity index (χ1) is 5.63. The number of ketones is 2. The topological polar surface area (TPSA) is 34.1 Å². The van der Waals surface area contributed by atoms with Crippen molar-refractivity contribution in [2.75, 3.05) is 0 Å². The van der Waals surface area contributed by atoms with Gasteiger partial charge in [-0.25, -0.2) is 0 Å². The van der Waals surface area contributed by atoms with E-state index < -0.39 is 5.92 Å². The number of carbonyl (C=O) groups is 2. The fourth-order valence-electron chi connectivity index (χ4n) is 0.817. The monoisotopic (exact) mass is 230 g/mol. The summed E-state index contributed by atoms with van der Waals surface area (Å²) in [5, 5.41) is 0. The van der Waals surface area contributed by atoms with E-state index in [1.165, 1.54) is 6.92 Å². The van der Waals surface area contributed by atoms with Gasteiger partial charge in [-0.2, -0.15) is 0 Å². The zero-order valence-corrected chi connectivity index (χ0v) is 8.75. The molecule has 0 amide bonds. The van der Waals surface area contributed by atoms with Crippen molar-refractivity contribution in [3.05, 3.63) is 21.5 Å². The zero-order valence-electron chi connectivity index (χ0n) is 7.03. The van der Waals surface area contributed by atoms with E-state index in [9.17, 15) is 9.59 Å². The fraction of sp³-hybridized carbons (Fsp3) is 0.333. The summed E-state index contributed by atoms with van der Waals surface area (Å²) in [5.41, 5.74) is 0. The second-order valence-electron chi connectivity index (χ2n) is 2.67. The summed E-state index contributed by atoms with van der Waals surface area (Å²) in [6, 6.07) is 3.68. The molecule has 1 aromatic rings. The molecule has 2 nitrogen and oxygen atoms in total. The molecule has 1 aromatic heterocycles. The quantitative estimate of drug-likeness (QED) is 0.442. The van der Waals surface area contributed by atoms with Crippen LogP contribution in [0.3, 0.4) is 0 Å². The second kappa shape index (κ2) is 3.83. The van der Waals surface area contributed by atoms with Crippen molar-refractivity contribution in [2.24, 2.45) is 5.92 Å². The minimum absolute atomic E-state index is 0.00694. The SMILES string of the molecule is CC(=O)C(C)C(=O)c1ccc[se]1. The van der Waals surface area contributed by atoms with Gasteiger partial charge >= 0.3 is 76.9 Å². The molecule has 0 fully saturated rings. The third kappa shape index (κ3) is 1.93. The molecule has 64 valence electrons. The Bertz CT molecular complexity index is 287. The molecule has 3 heteroatoms. The Kier molecular flexibility index (Phi) is 3.01. The van der Waals surface area contributed by atoms with Gasteiger partial charge in [0.15, 0.2) is 0 Å². The number of hydrogen-bond acceptors (Lipinski definition) is 2. The van der Waals surface area contributed by atoms with Gasteiger partial charge in [0.25, 0.3) is 0 Å². The Morgan fingerprint density at radius 2 is 2.17 bits per heavy atom. The molecule has 0 saturated heterocycles. The van der Waals surface area contributed by atoms with Gasteiger partial charge in [-0.15, -0.1) is 0 Å². The van der Waals surface area contributed by atoms with Crippen molar-refractivity contribution in [1.29, 1.82) is 0 Å². The molecular formula is C9H10O2Se. The van der Waals surface area contributed by atoms with Gasteiger partial charge in [0.05, 0.1) is 0 Å². The summed E-state index contributed by atoms with van der Waals surface area (Å²) in [5.74, 6) is -0.519. The van der Waals surface area contributed by atoms with E-state index in [4.69, 9.17) is 0 Å². The van der Waals surface area contributed by atoms with Crippen LogP contribution in [0.4, 0.5) is 0 Å². The molecular weight excluding hydrogens is 219 g/mol. The van der Waals surface area contributed by atoms with E-state index in [1.54, 1.807) is 6.92 Å². The summed E-state index contributed by atoms with van der Waals surface area (Å²) in [6.45, 7) is 3.12. The number of carbonyl (C=O) groups excluding carboxylic acids is 2. The summed E-state index contributed by atoms with van der Waals surface area (Å²) >= 11 is 0.154. The number of rotatable bonds is 3. The predicted molar refractivity (Wildman–Crippen MR) is 47.6 cm³/mol. The van der Waals surface area contributed by atoms with Crippen molar-refractivity contribution >= 4 is 26.1 Å². The van der Waals surface area contributed by atoms with Gasteiger partial charge in [-0.1, -0.05) is 0 Å². The van der Waals surface area contributed by atoms with Crippen LogP contribution in [0.25, 0.3) is 0 Å². The van der Waals surface area contributed by atoms with Crippen molar-refractivity contribution < 1.29 is 9.59 Å². The molecule has 1 atom stereocenters. The molecule has 1 rings (SSSR count). The molecule has 0 spiro atoms.